The summed E-state index contributed by atoms with van der Waals surface area (Å²) in [6.45, 7) is 3.98. The van der Waals surface area contributed by atoms with Crippen LogP contribution in [0.15, 0.2) is 22.1 Å². The number of hydrogen-bond acceptors (Lipinski definition) is 4. The number of carboxylic acid groups (broad SMARTS) is 1. The van der Waals surface area contributed by atoms with Gasteiger partial charge in [-0.05, 0) is 47.0 Å². The van der Waals surface area contributed by atoms with Crippen LogP contribution in [-0.2, 0) is 0 Å². The highest BCUT2D eigenvalue weighted by Crippen LogP contribution is 2.33. The number of carbonyl (C=O) groups is 1. The molecular weight excluding hydrogens is 316 g/mol. The summed E-state index contributed by atoms with van der Waals surface area (Å²) < 4.78 is 0.907. The van der Waals surface area contributed by atoms with Gasteiger partial charge < -0.3 is 10.4 Å². The number of rotatable bonds is 3. The highest BCUT2D eigenvalue weighted by atomic mass is 79.9. The maximum Gasteiger partial charge on any atom is 0.357 e. The van der Waals surface area contributed by atoms with E-state index in [1.54, 1.807) is 0 Å². The van der Waals surface area contributed by atoms with Crippen molar-refractivity contribution in [3.8, 4) is 0 Å². The number of halogens is 1. The van der Waals surface area contributed by atoms with E-state index in [1.165, 1.54) is 16.8 Å². The highest BCUT2D eigenvalue weighted by Gasteiger charge is 2.15. The van der Waals surface area contributed by atoms with Gasteiger partial charge in [0.25, 0.3) is 0 Å². The fourth-order valence-electron chi connectivity index (χ4n) is 1.67. The maximum absolute atomic E-state index is 11.0. The Bertz CT molecular complexity index is 587. The number of nitrogens with one attached hydrogen (secondary N) is 1. The highest BCUT2D eigenvalue weighted by molar-refractivity contribution is 9.10. The van der Waals surface area contributed by atoms with Gasteiger partial charge in [0.15, 0.2) is 5.69 Å². The number of nitrogens with zero attached hydrogens (tertiary/aromatic N) is 1. The summed E-state index contributed by atoms with van der Waals surface area (Å²) in [6, 6.07) is 4.02. The molecular formula is C12H11BrN2O2S. The summed E-state index contributed by atoms with van der Waals surface area (Å²) in [4.78, 5) is 14.8. The second-order valence-corrected chi connectivity index (χ2v) is 5.61. The molecule has 0 fully saturated rings. The fourth-order valence-corrected chi connectivity index (χ4v) is 3.12. The van der Waals surface area contributed by atoms with Gasteiger partial charge in [0, 0.05) is 4.47 Å². The SMILES string of the molecule is Cc1cc(C)c(Nc2scnc2C(=O)O)c(Br)c1. The Morgan fingerprint density at radius 1 is 1.44 bits per heavy atom. The van der Waals surface area contributed by atoms with Gasteiger partial charge >= 0.3 is 5.97 Å². The minimum atomic E-state index is -1.03. The number of aromatic carboxylic acids is 1. The molecule has 0 aliphatic rings. The monoisotopic (exact) mass is 326 g/mol. The molecule has 2 N–H and O–H groups in total. The Balaban J connectivity index is 2.40. The van der Waals surface area contributed by atoms with E-state index in [0.717, 1.165) is 21.3 Å². The molecule has 2 rings (SSSR count). The van der Waals surface area contributed by atoms with Crippen molar-refractivity contribution < 1.29 is 9.90 Å². The second-order valence-electron chi connectivity index (χ2n) is 3.90. The van der Waals surface area contributed by atoms with Gasteiger partial charge in [-0.3, -0.25) is 0 Å². The molecule has 0 radical (unpaired) electrons. The van der Waals surface area contributed by atoms with Crippen LogP contribution < -0.4 is 5.32 Å². The maximum atomic E-state index is 11.0. The minimum Gasteiger partial charge on any atom is -0.476 e. The van der Waals surface area contributed by atoms with Crippen LogP contribution in [-0.4, -0.2) is 16.1 Å². The average Bonchev–Trinajstić information content (AvgIpc) is 2.71. The number of benzene rings is 1. The molecule has 18 heavy (non-hydrogen) atoms. The van der Waals surface area contributed by atoms with Crippen molar-refractivity contribution in [1.82, 2.24) is 4.98 Å². The van der Waals surface area contributed by atoms with E-state index >= 15 is 0 Å². The summed E-state index contributed by atoms with van der Waals surface area (Å²) >= 11 is 4.75. The average molecular weight is 327 g/mol. The molecule has 0 atom stereocenters. The van der Waals surface area contributed by atoms with Crippen molar-refractivity contribution in [1.29, 1.82) is 0 Å². The van der Waals surface area contributed by atoms with Gasteiger partial charge in [-0.1, -0.05) is 6.07 Å². The molecule has 0 unspecified atom stereocenters. The fraction of sp³-hybridized carbons (Fsp3) is 0.167. The first-order valence-corrected chi connectivity index (χ1v) is 6.87. The Morgan fingerprint density at radius 2 is 2.17 bits per heavy atom. The topological polar surface area (TPSA) is 62.2 Å². The number of aromatic nitrogens is 1. The van der Waals surface area contributed by atoms with Crippen molar-refractivity contribution in [3.05, 3.63) is 38.9 Å². The zero-order chi connectivity index (χ0) is 13.3. The summed E-state index contributed by atoms with van der Waals surface area (Å²) in [5.74, 6) is -1.03. The molecule has 0 bridgehead atoms. The third-order valence-corrected chi connectivity index (χ3v) is 3.81. The lowest BCUT2D eigenvalue weighted by Crippen LogP contribution is -2.02. The van der Waals surface area contributed by atoms with Gasteiger partial charge in [-0.25, -0.2) is 9.78 Å². The molecule has 4 nitrogen and oxygen atoms in total. The van der Waals surface area contributed by atoms with E-state index in [2.05, 4.69) is 26.2 Å². The lowest BCUT2D eigenvalue weighted by atomic mass is 10.1. The first kappa shape index (κ1) is 13.0. The third kappa shape index (κ3) is 2.54. The number of aryl methyl sites for hydroxylation is 2. The lowest BCUT2D eigenvalue weighted by molar-refractivity contribution is 0.0692. The molecule has 6 heteroatoms. The van der Waals surface area contributed by atoms with E-state index in [4.69, 9.17) is 5.11 Å². The molecule has 0 aliphatic carbocycles. The lowest BCUT2D eigenvalue weighted by Gasteiger charge is -2.11. The number of carboxylic acids is 1. The summed E-state index contributed by atoms with van der Waals surface area (Å²) in [5.41, 5.74) is 4.63. The van der Waals surface area contributed by atoms with Crippen LogP contribution in [0.5, 0.6) is 0 Å². The second kappa shape index (κ2) is 5.07. The smallest absolute Gasteiger partial charge is 0.357 e. The Hall–Kier alpha value is -1.40. The number of anilines is 2. The van der Waals surface area contributed by atoms with Gasteiger partial charge in [0.2, 0.25) is 0 Å². The molecule has 0 aliphatic heterocycles. The van der Waals surface area contributed by atoms with Crippen molar-refractivity contribution in [2.75, 3.05) is 5.32 Å². The van der Waals surface area contributed by atoms with E-state index in [1.807, 2.05) is 26.0 Å². The Kier molecular flexibility index (Phi) is 3.68. The molecule has 0 saturated carbocycles. The van der Waals surface area contributed by atoms with Crippen LogP contribution in [0.25, 0.3) is 0 Å². The molecule has 2 aromatic rings. The van der Waals surface area contributed by atoms with E-state index in [0.29, 0.717) is 5.00 Å². The Morgan fingerprint density at radius 3 is 2.78 bits per heavy atom. The molecule has 1 aromatic heterocycles. The standard InChI is InChI=1S/C12H11BrN2O2S/c1-6-3-7(2)9(8(13)4-6)15-11-10(12(16)17)14-5-18-11/h3-5,15H,1-2H3,(H,16,17). The van der Waals surface area contributed by atoms with Crippen molar-refractivity contribution in [2.45, 2.75) is 13.8 Å². The van der Waals surface area contributed by atoms with Gasteiger partial charge in [-0.2, -0.15) is 0 Å². The van der Waals surface area contributed by atoms with Crippen molar-refractivity contribution in [2.24, 2.45) is 0 Å². The van der Waals surface area contributed by atoms with Gasteiger partial charge in [-0.15, -0.1) is 11.3 Å². The first-order valence-electron chi connectivity index (χ1n) is 5.19. The van der Waals surface area contributed by atoms with Gasteiger partial charge in [0.1, 0.15) is 5.00 Å². The van der Waals surface area contributed by atoms with Crippen LogP contribution >= 0.6 is 27.3 Å². The minimum absolute atomic E-state index is 0.0480. The Labute approximate surface area is 117 Å². The zero-order valence-electron chi connectivity index (χ0n) is 9.82. The first-order chi connectivity index (χ1) is 8.49. The normalized spacial score (nSPS) is 10.4. The molecule has 0 amide bonds. The largest absolute Gasteiger partial charge is 0.476 e. The van der Waals surface area contributed by atoms with E-state index < -0.39 is 5.97 Å². The number of thiazole rings is 1. The molecule has 1 heterocycles. The van der Waals surface area contributed by atoms with Gasteiger partial charge in [0.05, 0.1) is 11.2 Å². The van der Waals surface area contributed by atoms with Crippen molar-refractivity contribution >= 4 is 43.9 Å². The summed E-state index contributed by atoms with van der Waals surface area (Å²) in [5, 5.41) is 12.7. The molecule has 0 saturated heterocycles. The predicted octanol–water partition coefficient (Wildman–Crippen LogP) is 3.96. The number of hydrogen-bond donors (Lipinski definition) is 2. The molecule has 1 aromatic carbocycles. The van der Waals surface area contributed by atoms with Crippen LogP contribution in [0, 0.1) is 13.8 Å². The molecule has 0 spiro atoms. The molecule has 94 valence electrons. The zero-order valence-corrected chi connectivity index (χ0v) is 12.2. The van der Waals surface area contributed by atoms with E-state index in [9.17, 15) is 4.79 Å². The van der Waals surface area contributed by atoms with Crippen LogP contribution in [0.3, 0.4) is 0 Å². The van der Waals surface area contributed by atoms with Crippen molar-refractivity contribution in [3.63, 3.8) is 0 Å². The predicted molar refractivity (Wildman–Crippen MR) is 76.0 cm³/mol. The van der Waals surface area contributed by atoms with Crippen LogP contribution in [0.1, 0.15) is 21.6 Å². The third-order valence-electron chi connectivity index (χ3n) is 2.44. The van der Waals surface area contributed by atoms with Crippen LogP contribution in [0.4, 0.5) is 10.7 Å². The quantitative estimate of drug-likeness (QED) is 0.896. The van der Waals surface area contributed by atoms with E-state index in [-0.39, 0.29) is 5.69 Å². The van der Waals surface area contributed by atoms with Crippen LogP contribution in [0.2, 0.25) is 0 Å². The summed E-state index contributed by atoms with van der Waals surface area (Å²) in [6.07, 6.45) is 0. The summed E-state index contributed by atoms with van der Waals surface area (Å²) in [7, 11) is 0.